The Morgan fingerprint density at radius 2 is 2.00 bits per heavy atom. The van der Waals surface area contributed by atoms with Crippen LogP contribution < -0.4 is 5.32 Å². The van der Waals surface area contributed by atoms with Crippen molar-refractivity contribution in [1.82, 2.24) is 10.3 Å². The summed E-state index contributed by atoms with van der Waals surface area (Å²) in [6.07, 6.45) is 9.49. The van der Waals surface area contributed by atoms with Gasteiger partial charge in [-0.15, -0.1) is 0 Å². The summed E-state index contributed by atoms with van der Waals surface area (Å²) in [6.45, 7) is 2.79. The van der Waals surface area contributed by atoms with E-state index >= 15 is 0 Å². The lowest BCUT2D eigenvalue weighted by molar-refractivity contribution is 0.0948. The Hall–Kier alpha value is -1.45. The minimum absolute atomic E-state index is 0.0657. The zero-order chi connectivity index (χ0) is 13.2. The highest BCUT2D eigenvalue weighted by atomic mass is 19.1. The maximum Gasteiger partial charge on any atom is 0.254 e. The highest BCUT2D eigenvalue weighted by Gasteiger charge is 2.09. The molecule has 1 N–H and O–H groups in total. The van der Waals surface area contributed by atoms with Gasteiger partial charge in [0.15, 0.2) is 5.82 Å². The van der Waals surface area contributed by atoms with E-state index < -0.39 is 5.82 Å². The van der Waals surface area contributed by atoms with Gasteiger partial charge in [-0.3, -0.25) is 9.78 Å². The first-order valence-electron chi connectivity index (χ1n) is 6.63. The third kappa shape index (κ3) is 5.25. The van der Waals surface area contributed by atoms with E-state index in [-0.39, 0.29) is 11.5 Å². The van der Waals surface area contributed by atoms with Crippen LogP contribution in [-0.2, 0) is 0 Å². The van der Waals surface area contributed by atoms with Gasteiger partial charge in [0.25, 0.3) is 5.91 Å². The van der Waals surface area contributed by atoms with Gasteiger partial charge in [-0.2, -0.15) is 0 Å². The molecule has 1 rings (SSSR count). The number of unbranched alkanes of at least 4 members (excludes halogenated alkanes) is 5. The molecule has 0 atom stereocenters. The van der Waals surface area contributed by atoms with Crippen LogP contribution in [0.25, 0.3) is 0 Å². The zero-order valence-corrected chi connectivity index (χ0v) is 10.9. The first kappa shape index (κ1) is 14.6. The molecule has 1 aromatic rings. The second-order valence-electron chi connectivity index (χ2n) is 4.38. The molecule has 0 radical (unpaired) electrons. The standard InChI is InChI=1S/C14H21FN2O/c1-2-3-4-5-6-7-9-17-14(18)12-8-10-16-11-13(12)15/h8,10-11H,2-7,9H2,1H3,(H,17,18). The molecule has 0 saturated heterocycles. The average Bonchev–Trinajstić information content (AvgIpc) is 2.38. The fraction of sp³-hybridized carbons (Fsp3) is 0.571. The van der Waals surface area contributed by atoms with Gasteiger partial charge in [-0.05, 0) is 12.5 Å². The third-order valence-electron chi connectivity index (χ3n) is 2.83. The molecule has 0 aliphatic heterocycles. The summed E-state index contributed by atoms with van der Waals surface area (Å²) in [5.41, 5.74) is 0.0657. The van der Waals surface area contributed by atoms with Crippen LogP contribution in [0.2, 0.25) is 0 Å². The Morgan fingerprint density at radius 3 is 2.72 bits per heavy atom. The molecular formula is C14H21FN2O. The molecule has 1 amide bonds. The molecule has 0 aliphatic rings. The van der Waals surface area contributed by atoms with E-state index in [9.17, 15) is 9.18 Å². The quantitative estimate of drug-likeness (QED) is 0.721. The number of amides is 1. The molecule has 1 aromatic heterocycles. The molecule has 0 bridgehead atoms. The minimum atomic E-state index is -0.571. The van der Waals surface area contributed by atoms with E-state index in [0.717, 1.165) is 19.0 Å². The second kappa shape index (κ2) is 8.61. The van der Waals surface area contributed by atoms with Gasteiger partial charge in [0.05, 0.1) is 11.8 Å². The number of hydrogen-bond acceptors (Lipinski definition) is 2. The largest absolute Gasteiger partial charge is 0.352 e. The van der Waals surface area contributed by atoms with Gasteiger partial charge in [0, 0.05) is 12.7 Å². The lowest BCUT2D eigenvalue weighted by Gasteiger charge is -2.05. The van der Waals surface area contributed by atoms with Gasteiger partial charge >= 0.3 is 0 Å². The summed E-state index contributed by atoms with van der Waals surface area (Å²) in [5.74, 6) is -0.929. The van der Waals surface area contributed by atoms with Crippen molar-refractivity contribution in [1.29, 1.82) is 0 Å². The average molecular weight is 252 g/mol. The fourth-order valence-electron chi connectivity index (χ4n) is 1.76. The molecule has 1 heterocycles. The smallest absolute Gasteiger partial charge is 0.254 e. The Bertz CT molecular complexity index is 369. The van der Waals surface area contributed by atoms with Crippen molar-refractivity contribution in [3.63, 3.8) is 0 Å². The highest BCUT2D eigenvalue weighted by molar-refractivity contribution is 5.94. The van der Waals surface area contributed by atoms with Crippen LogP contribution in [-0.4, -0.2) is 17.4 Å². The van der Waals surface area contributed by atoms with Crippen LogP contribution in [0, 0.1) is 5.82 Å². The van der Waals surface area contributed by atoms with E-state index in [1.807, 2.05) is 0 Å². The Kier molecular flexibility index (Phi) is 6.99. The maximum absolute atomic E-state index is 13.2. The summed E-state index contributed by atoms with van der Waals surface area (Å²) in [5, 5.41) is 2.72. The predicted molar refractivity (Wildman–Crippen MR) is 69.9 cm³/mol. The lowest BCUT2D eigenvalue weighted by atomic mass is 10.1. The second-order valence-corrected chi connectivity index (χ2v) is 4.38. The van der Waals surface area contributed by atoms with Crippen LogP contribution in [0.5, 0.6) is 0 Å². The molecule has 100 valence electrons. The number of nitrogens with one attached hydrogen (secondary N) is 1. The van der Waals surface area contributed by atoms with E-state index in [0.29, 0.717) is 6.54 Å². The van der Waals surface area contributed by atoms with Crippen molar-refractivity contribution < 1.29 is 9.18 Å². The van der Waals surface area contributed by atoms with E-state index in [2.05, 4.69) is 17.2 Å². The van der Waals surface area contributed by atoms with Crippen LogP contribution in [0.1, 0.15) is 55.8 Å². The Morgan fingerprint density at radius 1 is 1.28 bits per heavy atom. The van der Waals surface area contributed by atoms with E-state index in [1.165, 1.54) is 37.9 Å². The first-order chi connectivity index (χ1) is 8.75. The van der Waals surface area contributed by atoms with Crippen LogP contribution >= 0.6 is 0 Å². The van der Waals surface area contributed by atoms with Crippen molar-refractivity contribution in [3.8, 4) is 0 Å². The van der Waals surface area contributed by atoms with Crippen molar-refractivity contribution in [2.45, 2.75) is 45.4 Å². The number of hydrogen-bond donors (Lipinski definition) is 1. The Labute approximate surface area is 108 Å². The SMILES string of the molecule is CCCCCCCCNC(=O)c1ccncc1F. The predicted octanol–water partition coefficient (Wildman–Crippen LogP) is 3.31. The summed E-state index contributed by atoms with van der Waals surface area (Å²) in [6, 6.07) is 1.39. The van der Waals surface area contributed by atoms with Crippen molar-refractivity contribution in [2.75, 3.05) is 6.54 Å². The van der Waals surface area contributed by atoms with Gasteiger partial charge in [-0.1, -0.05) is 39.0 Å². The summed E-state index contributed by atoms with van der Waals surface area (Å²) >= 11 is 0. The van der Waals surface area contributed by atoms with Gasteiger partial charge < -0.3 is 5.32 Å². The zero-order valence-electron chi connectivity index (χ0n) is 10.9. The van der Waals surface area contributed by atoms with Gasteiger partial charge in [-0.25, -0.2) is 4.39 Å². The molecule has 0 aliphatic carbocycles. The fourth-order valence-corrected chi connectivity index (χ4v) is 1.76. The van der Waals surface area contributed by atoms with Crippen LogP contribution in [0.15, 0.2) is 18.5 Å². The van der Waals surface area contributed by atoms with Crippen LogP contribution in [0.4, 0.5) is 4.39 Å². The molecule has 0 fully saturated rings. The van der Waals surface area contributed by atoms with Crippen molar-refractivity contribution >= 4 is 5.91 Å². The lowest BCUT2D eigenvalue weighted by Crippen LogP contribution is -2.25. The number of carbonyl (C=O) groups excluding carboxylic acids is 1. The molecule has 0 saturated carbocycles. The number of halogens is 1. The molecule has 0 aromatic carbocycles. The molecule has 4 heteroatoms. The molecule has 3 nitrogen and oxygen atoms in total. The van der Waals surface area contributed by atoms with E-state index in [4.69, 9.17) is 0 Å². The highest BCUT2D eigenvalue weighted by Crippen LogP contribution is 2.06. The summed E-state index contributed by atoms with van der Waals surface area (Å²) in [4.78, 5) is 15.2. The van der Waals surface area contributed by atoms with Crippen LogP contribution in [0.3, 0.4) is 0 Å². The normalized spacial score (nSPS) is 10.3. The number of aromatic nitrogens is 1. The number of pyridine rings is 1. The van der Waals surface area contributed by atoms with Gasteiger partial charge in [0.1, 0.15) is 0 Å². The third-order valence-corrected chi connectivity index (χ3v) is 2.83. The molecule has 18 heavy (non-hydrogen) atoms. The topological polar surface area (TPSA) is 42.0 Å². The van der Waals surface area contributed by atoms with Gasteiger partial charge in [0.2, 0.25) is 0 Å². The summed E-state index contributed by atoms with van der Waals surface area (Å²) in [7, 11) is 0. The van der Waals surface area contributed by atoms with Crippen molar-refractivity contribution in [2.24, 2.45) is 0 Å². The summed E-state index contributed by atoms with van der Waals surface area (Å²) < 4.78 is 13.2. The van der Waals surface area contributed by atoms with E-state index in [1.54, 1.807) is 0 Å². The number of rotatable bonds is 8. The monoisotopic (exact) mass is 252 g/mol. The molecular weight excluding hydrogens is 231 g/mol. The first-order valence-corrected chi connectivity index (χ1v) is 6.63. The minimum Gasteiger partial charge on any atom is -0.352 e. The number of carbonyl (C=O) groups is 1. The Balaban J connectivity index is 2.16. The maximum atomic E-state index is 13.2. The number of nitrogens with zero attached hydrogens (tertiary/aromatic N) is 1. The van der Waals surface area contributed by atoms with Crippen molar-refractivity contribution in [3.05, 3.63) is 29.8 Å². The molecule has 0 spiro atoms. The molecule has 0 unspecified atom stereocenters.